The average molecular weight is 297 g/mol. The molecule has 0 saturated heterocycles. The van der Waals surface area contributed by atoms with Crippen molar-refractivity contribution in [2.75, 3.05) is 0 Å². The molecule has 0 saturated carbocycles. The fraction of sp³-hybridized carbons (Fsp3) is 0.375. The quantitative estimate of drug-likeness (QED) is 0.723. The number of aryl methyl sites for hydroxylation is 2. The van der Waals surface area contributed by atoms with E-state index in [2.05, 4.69) is 40.0 Å². The van der Waals surface area contributed by atoms with Gasteiger partial charge in [-0.05, 0) is 31.4 Å². The highest BCUT2D eigenvalue weighted by atomic mass is 16.5. The standard InChI is InChI=1S/C16H19N5O/c1-4-12-6-7-13(18-10-12)15-17-8-9-21(15)14(5-2)16-19-11(3)20-22-16/h6-10,14H,4-5H2,1-3H3/t14-/m0/s1. The molecule has 6 nitrogen and oxygen atoms in total. The van der Waals surface area contributed by atoms with Gasteiger partial charge in [0, 0.05) is 18.6 Å². The van der Waals surface area contributed by atoms with Crippen LogP contribution in [0.2, 0.25) is 0 Å². The van der Waals surface area contributed by atoms with E-state index < -0.39 is 0 Å². The summed E-state index contributed by atoms with van der Waals surface area (Å²) in [7, 11) is 0. The molecular weight excluding hydrogens is 278 g/mol. The van der Waals surface area contributed by atoms with Gasteiger partial charge in [0.05, 0.1) is 0 Å². The van der Waals surface area contributed by atoms with Crippen molar-refractivity contribution in [3.05, 3.63) is 48.0 Å². The molecule has 0 aromatic carbocycles. The van der Waals surface area contributed by atoms with E-state index >= 15 is 0 Å². The lowest BCUT2D eigenvalue weighted by Crippen LogP contribution is -2.11. The first kappa shape index (κ1) is 14.4. The maximum absolute atomic E-state index is 5.34. The third-order valence-electron chi connectivity index (χ3n) is 3.68. The average Bonchev–Trinajstić information content (AvgIpc) is 3.18. The fourth-order valence-corrected chi connectivity index (χ4v) is 2.47. The minimum absolute atomic E-state index is 0.0358. The molecule has 0 fully saturated rings. The molecule has 0 amide bonds. The van der Waals surface area contributed by atoms with Crippen LogP contribution >= 0.6 is 0 Å². The molecular formula is C16H19N5O. The van der Waals surface area contributed by atoms with Gasteiger partial charge in [0.15, 0.2) is 11.6 Å². The molecule has 0 aliphatic rings. The Kier molecular flexibility index (Phi) is 4.00. The molecule has 3 aromatic rings. The van der Waals surface area contributed by atoms with E-state index in [1.54, 1.807) is 6.20 Å². The molecule has 0 radical (unpaired) electrons. The molecule has 0 aliphatic carbocycles. The Bertz CT molecular complexity index is 744. The summed E-state index contributed by atoms with van der Waals surface area (Å²) in [6.45, 7) is 6.02. The summed E-state index contributed by atoms with van der Waals surface area (Å²) < 4.78 is 7.38. The van der Waals surface area contributed by atoms with Gasteiger partial charge in [0.25, 0.3) is 0 Å². The highest BCUT2D eigenvalue weighted by Gasteiger charge is 2.21. The molecule has 3 heterocycles. The zero-order valence-corrected chi connectivity index (χ0v) is 13.0. The van der Waals surface area contributed by atoms with Gasteiger partial charge in [0.2, 0.25) is 5.89 Å². The summed E-state index contributed by atoms with van der Waals surface area (Å²) in [4.78, 5) is 13.3. The van der Waals surface area contributed by atoms with Crippen molar-refractivity contribution < 1.29 is 4.52 Å². The molecule has 114 valence electrons. The predicted octanol–water partition coefficient (Wildman–Crippen LogP) is 3.20. The Labute approximate surface area is 129 Å². The first-order valence-electron chi connectivity index (χ1n) is 7.51. The molecule has 0 aliphatic heterocycles. The van der Waals surface area contributed by atoms with Crippen LogP contribution in [0.4, 0.5) is 0 Å². The van der Waals surface area contributed by atoms with Gasteiger partial charge >= 0.3 is 0 Å². The number of imidazole rings is 1. The summed E-state index contributed by atoms with van der Waals surface area (Å²) in [6.07, 6.45) is 7.40. The lowest BCUT2D eigenvalue weighted by molar-refractivity contribution is 0.331. The maximum Gasteiger partial charge on any atom is 0.249 e. The van der Waals surface area contributed by atoms with Gasteiger partial charge < -0.3 is 9.09 Å². The van der Waals surface area contributed by atoms with Crippen molar-refractivity contribution in [3.8, 4) is 11.5 Å². The number of pyridine rings is 1. The first-order valence-corrected chi connectivity index (χ1v) is 7.51. The number of rotatable bonds is 5. The van der Waals surface area contributed by atoms with Gasteiger partial charge in [-0.1, -0.05) is 25.1 Å². The zero-order chi connectivity index (χ0) is 15.5. The summed E-state index contributed by atoms with van der Waals surface area (Å²) in [5.74, 6) is 2.05. The van der Waals surface area contributed by atoms with E-state index in [0.717, 1.165) is 24.4 Å². The molecule has 0 N–H and O–H groups in total. The number of hydrogen-bond acceptors (Lipinski definition) is 5. The van der Waals surface area contributed by atoms with Crippen molar-refractivity contribution >= 4 is 0 Å². The molecule has 3 aromatic heterocycles. The van der Waals surface area contributed by atoms with Gasteiger partial charge in [-0.3, -0.25) is 4.98 Å². The van der Waals surface area contributed by atoms with Crippen molar-refractivity contribution in [1.82, 2.24) is 24.7 Å². The molecule has 1 atom stereocenters. The van der Waals surface area contributed by atoms with Crippen LogP contribution in [0.15, 0.2) is 35.2 Å². The third-order valence-corrected chi connectivity index (χ3v) is 3.68. The smallest absolute Gasteiger partial charge is 0.249 e. The summed E-state index contributed by atoms with van der Waals surface area (Å²) in [6, 6.07) is 4.05. The normalized spacial score (nSPS) is 12.5. The lowest BCUT2D eigenvalue weighted by atomic mass is 10.2. The van der Waals surface area contributed by atoms with E-state index in [4.69, 9.17) is 4.52 Å². The fourth-order valence-electron chi connectivity index (χ4n) is 2.47. The van der Waals surface area contributed by atoms with Crippen LogP contribution in [0.25, 0.3) is 11.5 Å². The Morgan fingerprint density at radius 3 is 2.68 bits per heavy atom. The van der Waals surface area contributed by atoms with Crippen LogP contribution in [0.3, 0.4) is 0 Å². The number of aromatic nitrogens is 5. The lowest BCUT2D eigenvalue weighted by Gasteiger charge is -2.15. The second-order valence-electron chi connectivity index (χ2n) is 5.17. The van der Waals surface area contributed by atoms with Gasteiger partial charge in [-0.15, -0.1) is 0 Å². The van der Waals surface area contributed by atoms with Gasteiger partial charge in [0.1, 0.15) is 11.7 Å². The van der Waals surface area contributed by atoms with E-state index in [-0.39, 0.29) is 6.04 Å². The Hall–Kier alpha value is -2.50. The summed E-state index contributed by atoms with van der Waals surface area (Å²) in [5, 5.41) is 3.88. The summed E-state index contributed by atoms with van der Waals surface area (Å²) in [5.41, 5.74) is 2.05. The highest BCUT2D eigenvalue weighted by Crippen LogP contribution is 2.26. The molecule has 3 rings (SSSR count). The Balaban J connectivity index is 1.99. The molecule has 22 heavy (non-hydrogen) atoms. The van der Waals surface area contributed by atoms with Crippen molar-refractivity contribution in [2.24, 2.45) is 0 Å². The van der Waals surface area contributed by atoms with Crippen molar-refractivity contribution in [2.45, 2.75) is 39.7 Å². The summed E-state index contributed by atoms with van der Waals surface area (Å²) >= 11 is 0. The number of nitrogens with zero attached hydrogens (tertiary/aromatic N) is 5. The number of hydrogen-bond donors (Lipinski definition) is 0. The monoisotopic (exact) mass is 297 g/mol. The van der Waals surface area contributed by atoms with Crippen LogP contribution in [0.1, 0.15) is 43.6 Å². The van der Waals surface area contributed by atoms with Crippen LogP contribution in [-0.4, -0.2) is 24.7 Å². The zero-order valence-electron chi connectivity index (χ0n) is 13.0. The van der Waals surface area contributed by atoms with E-state index in [0.29, 0.717) is 11.7 Å². The Morgan fingerprint density at radius 1 is 1.23 bits per heavy atom. The van der Waals surface area contributed by atoms with E-state index in [9.17, 15) is 0 Å². The maximum atomic E-state index is 5.34. The van der Waals surface area contributed by atoms with Crippen LogP contribution in [0.5, 0.6) is 0 Å². The van der Waals surface area contributed by atoms with E-state index in [1.165, 1.54) is 5.56 Å². The van der Waals surface area contributed by atoms with Gasteiger partial charge in [-0.2, -0.15) is 4.98 Å². The van der Waals surface area contributed by atoms with Crippen LogP contribution in [-0.2, 0) is 6.42 Å². The highest BCUT2D eigenvalue weighted by molar-refractivity contribution is 5.50. The third kappa shape index (κ3) is 2.64. The van der Waals surface area contributed by atoms with Crippen molar-refractivity contribution in [1.29, 1.82) is 0 Å². The minimum atomic E-state index is -0.0358. The Morgan fingerprint density at radius 2 is 2.09 bits per heavy atom. The molecule has 0 unspecified atom stereocenters. The second-order valence-corrected chi connectivity index (χ2v) is 5.17. The topological polar surface area (TPSA) is 69.6 Å². The van der Waals surface area contributed by atoms with Crippen LogP contribution < -0.4 is 0 Å². The first-order chi connectivity index (χ1) is 10.7. The SMILES string of the molecule is CCc1ccc(-c2nccn2[C@@H](CC)c2nc(C)no2)nc1. The molecule has 6 heteroatoms. The van der Waals surface area contributed by atoms with Crippen LogP contribution in [0, 0.1) is 6.92 Å². The molecule has 0 spiro atoms. The second kappa shape index (κ2) is 6.09. The largest absolute Gasteiger partial charge is 0.337 e. The van der Waals surface area contributed by atoms with Gasteiger partial charge in [-0.25, -0.2) is 4.98 Å². The van der Waals surface area contributed by atoms with Crippen molar-refractivity contribution in [3.63, 3.8) is 0 Å². The molecule has 0 bridgehead atoms. The predicted molar refractivity (Wildman–Crippen MR) is 82.3 cm³/mol. The minimum Gasteiger partial charge on any atom is -0.337 e. The van der Waals surface area contributed by atoms with E-state index in [1.807, 2.05) is 30.0 Å².